The molecule has 3 nitrogen and oxygen atoms in total. The number of hydrogen-bond donors (Lipinski definition) is 1. The number of likely N-dealkylation sites (N-methyl/N-ethyl adjacent to an activating group) is 1. The first-order chi connectivity index (χ1) is 7.99. The third kappa shape index (κ3) is 5.53. The van der Waals surface area contributed by atoms with Crippen LogP contribution < -0.4 is 5.32 Å². The number of rotatable bonds is 5. The second-order valence-electron chi connectivity index (χ2n) is 6.03. The van der Waals surface area contributed by atoms with Crippen molar-refractivity contribution in [3.05, 3.63) is 0 Å². The summed E-state index contributed by atoms with van der Waals surface area (Å²) < 4.78 is 0. The molecule has 0 aliphatic heterocycles. The van der Waals surface area contributed by atoms with E-state index in [1.54, 1.807) is 0 Å². The fourth-order valence-corrected chi connectivity index (χ4v) is 2.41. The SMILES string of the molecule is CC(C)CNC(=O)CN(C)C1CCC(C)CC1. The van der Waals surface area contributed by atoms with Gasteiger partial charge in [0, 0.05) is 12.6 Å². The van der Waals surface area contributed by atoms with Gasteiger partial charge in [-0.3, -0.25) is 9.69 Å². The molecular weight excluding hydrogens is 212 g/mol. The Hall–Kier alpha value is -0.570. The number of carbonyl (C=O) groups excluding carboxylic acids is 1. The maximum Gasteiger partial charge on any atom is 0.234 e. The molecule has 100 valence electrons. The first-order valence-electron chi connectivity index (χ1n) is 6.96. The van der Waals surface area contributed by atoms with Gasteiger partial charge in [-0.25, -0.2) is 0 Å². The zero-order chi connectivity index (χ0) is 12.8. The van der Waals surface area contributed by atoms with E-state index in [-0.39, 0.29) is 5.91 Å². The second-order valence-corrected chi connectivity index (χ2v) is 6.03. The standard InChI is InChI=1S/C14H28N2O/c1-11(2)9-15-14(17)10-16(4)13-7-5-12(3)6-8-13/h11-13H,5-10H2,1-4H3,(H,15,17). The van der Waals surface area contributed by atoms with E-state index in [0.717, 1.165) is 12.5 Å². The van der Waals surface area contributed by atoms with E-state index in [2.05, 4.69) is 38.0 Å². The lowest BCUT2D eigenvalue weighted by atomic mass is 9.87. The van der Waals surface area contributed by atoms with Gasteiger partial charge in [-0.05, 0) is 44.6 Å². The lowest BCUT2D eigenvalue weighted by Crippen LogP contribution is -2.42. The van der Waals surface area contributed by atoms with Crippen molar-refractivity contribution in [2.75, 3.05) is 20.1 Å². The molecule has 0 aromatic heterocycles. The van der Waals surface area contributed by atoms with Gasteiger partial charge in [0.1, 0.15) is 0 Å². The van der Waals surface area contributed by atoms with Crippen molar-refractivity contribution in [1.82, 2.24) is 10.2 Å². The monoisotopic (exact) mass is 240 g/mol. The molecule has 0 heterocycles. The van der Waals surface area contributed by atoms with E-state index in [4.69, 9.17) is 0 Å². The summed E-state index contributed by atoms with van der Waals surface area (Å²) in [5, 5.41) is 2.98. The van der Waals surface area contributed by atoms with Crippen LogP contribution in [0.2, 0.25) is 0 Å². The molecular formula is C14H28N2O. The Morgan fingerprint density at radius 1 is 1.29 bits per heavy atom. The molecule has 0 unspecified atom stereocenters. The van der Waals surface area contributed by atoms with Gasteiger partial charge in [-0.15, -0.1) is 0 Å². The van der Waals surface area contributed by atoms with Gasteiger partial charge in [0.2, 0.25) is 5.91 Å². The highest BCUT2D eigenvalue weighted by Gasteiger charge is 2.22. The van der Waals surface area contributed by atoms with Crippen LogP contribution >= 0.6 is 0 Å². The first kappa shape index (κ1) is 14.5. The van der Waals surface area contributed by atoms with E-state index in [9.17, 15) is 4.79 Å². The Bertz CT molecular complexity index is 232. The number of nitrogens with one attached hydrogen (secondary N) is 1. The quantitative estimate of drug-likeness (QED) is 0.799. The molecule has 1 N–H and O–H groups in total. The highest BCUT2D eigenvalue weighted by Crippen LogP contribution is 2.26. The summed E-state index contributed by atoms with van der Waals surface area (Å²) in [6.45, 7) is 7.89. The fraction of sp³-hybridized carbons (Fsp3) is 0.929. The van der Waals surface area contributed by atoms with Gasteiger partial charge in [-0.2, -0.15) is 0 Å². The van der Waals surface area contributed by atoms with Crippen LogP contribution in [0.15, 0.2) is 0 Å². The van der Waals surface area contributed by atoms with Crippen molar-refractivity contribution in [2.24, 2.45) is 11.8 Å². The first-order valence-corrected chi connectivity index (χ1v) is 6.96. The van der Waals surface area contributed by atoms with Crippen molar-refractivity contribution in [3.63, 3.8) is 0 Å². The van der Waals surface area contributed by atoms with Gasteiger partial charge in [-0.1, -0.05) is 20.8 Å². The number of carbonyl (C=O) groups is 1. The minimum atomic E-state index is 0.167. The molecule has 0 atom stereocenters. The van der Waals surface area contributed by atoms with Crippen LogP contribution in [0.5, 0.6) is 0 Å². The highest BCUT2D eigenvalue weighted by molar-refractivity contribution is 5.77. The van der Waals surface area contributed by atoms with Crippen LogP contribution in [0.4, 0.5) is 0 Å². The van der Waals surface area contributed by atoms with Gasteiger partial charge in [0.25, 0.3) is 0 Å². The Balaban J connectivity index is 2.23. The highest BCUT2D eigenvalue weighted by atomic mass is 16.2. The molecule has 17 heavy (non-hydrogen) atoms. The summed E-state index contributed by atoms with van der Waals surface area (Å²) in [6.07, 6.45) is 5.11. The van der Waals surface area contributed by atoms with E-state index >= 15 is 0 Å². The molecule has 0 saturated heterocycles. The summed E-state index contributed by atoms with van der Waals surface area (Å²) in [6, 6.07) is 0.607. The van der Waals surface area contributed by atoms with Crippen LogP contribution in [0, 0.1) is 11.8 Å². The molecule has 1 rings (SSSR count). The molecule has 1 aliphatic carbocycles. The minimum absolute atomic E-state index is 0.167. The maximum absolute atomic E-state index is 11.7. The zero-order valence-corrected chi connectivity index (χ0v) is 11.8. The lowest BCUT2D eigenvalue weighted by molar-refractivity contribution is -0.122. The van der Waals surface area contributed by atoms with Crippen molar-refractivity contribution in [2.45, 2.75) is 52.5 Å². The Morgan fingerprint density at radius 2 is 1.88 bits per heavy atom. The predicted molar refractivity (Wildman–Crippen MR) is 71.9 cm³/mol. The molecule has 0 radical (unpaired) electrons. The molecule has 1 aliphatic rings. The summed E-state index contributed by atoms with van der Waals surface area (Å²) in [5.74, 6) is 1.56. The summed E-state index contributed by atoms with van der Waals surface area (Å²) in [5.41, 5.74) is 0. The second kappa shape index (κ2) is 7.00. The maximum atomic E-state index is 11.7. The van der Waals surface area contributed by atoms with Crippen LogP contribution in [0.25, 0.3) is 0 Å². The molecule has 0 spiro atoms. The van der Waals surface area contributed by atoms with Gasteiger partial charge in [0.05, 0.1) is 6.54 Å². The topological polar surface area (TPSA) is 32.3 Å². The average Bonchev–Trinajstić information content (AvgIpc) is 2.27. The third-order valence-electron chi connectivity index (χ3n) is 3.71. The number of amides is 1. The van der Waals surface area contributed by atoms with Crippen LogP contribution in [0.1, 0.15) is 46.5 Å². The molecule has 0 aromatic carbocycles. The van der Waals surface area contributed by atoms with E-state index in [0.29, 0.717) is 18.5 Å². The zero-order valence-electron chi connectivity index (χ0n) is 11.8. The lowest BCUT2D eigenvalue weighted by Gasteiger charge is -2.33. The number of hydrogen-bond acceptors (Lipinski definition) is 2. The molecule has 1 amide bonds. The minimum Gasteiger partial charge on any atom is -0.355 e. The van der Waals surface area contributed by atoms with Crippen LogP contribution in [-0.2, 0) is 4.79 Å². The summed E-state index contributed by atoms with van der Waals surface area (Å²) in [7, 11) is 2.08. The fourth-order valence-electron chi connectivity index (χ4n) is 2.41. The molecule has 3 heteroatoms. The van der Waals surface area contributed by atoms with Crippen LogP contribution in [0.3, 0.4) is 0 Å². The van der Waals surface area contributed by atoms with Crippen molar-refractivity contribution in [1.29, 1.82) is 0 Å². The molecule has 0 aromatic rings. The largest absolute Gasteiger partial charge is 0.355 e. The molecule has 1 saturated carbocycles. The smallest absolute Gasteiger partial charge is 0.234 e. The number of nitrogens with zero attached hydrogens (tertiary/aromatic N) is 1. The predicted octanol–water partition coefficient (Wildman–Crippen LogP) is 2.27. The third-order valence-corrected chi connectivity index (χ3v) is 3.71. The van der Waals surface area contributed by atoms with Gasteiger partial charge in [0.15, 0.2) is 0 Å². The van der Waals surface area contributed by atoms with E-state index in [1.165, 1.54) is 25.7 Å². The van der Waals surface area contributed by atoms with Crippen LogP contribution in [-0.4, -0.2) is 37.0 Å². The van der Waals surface area contributed by atoms with Gasteiger partial charge < -0.3 is 5.32 Å². The Kier molecular flexibility index (Phi) is 5.96. The molecule has 1 fully saturated rings. The van der Waals surface area contributed by atoms with E-state index in [1.807, 2.05) is 0 Å². The van der Waals surface area contributed by atoms with Crippen molar-refractivity contribution < 1.29 is 4.79 Å². The summed E-state index contributed by atoms with van der Waals surface area (Å²) >= 11 is 0. The van der Waals surface area contributed by atoms with E-state index < -0.39 is 0 Å². The Morgan fingerprint density at radius 3 is 2.41 bits per heavy atom. The van der Waals surface area contributed by atoms with Crippen molar-refractivity contribution in [3.8, 4) is 0 Å². The normalized spacial score (nSPS) is 25.3. The molecule has 0 bridgehead atoms. The average molecular weight is 240 g/mol. The van der Waals surface area contributed by atoms with Crippen molar-refractivity contribution >= 4 is 5.91 Å². The van der Waals surface area contributed by atoms with Gasteiger partial charge >= 0.3 is 0 Å². The Labute approximate surface area is 106 Å². The summed E-state index contributed by atoms with van der Waals surface area (Å²) in [4.78, 5) is 13.9.